The first-order valence-electron chi connectivity index (χ1n) is 9.53. The molecule has 4 fully saturated rings. The van der Waals surface area contributed by atoms with Gasteiger partial charge in [-0.25, -0.2) is 0 Å². The highest BCUT2D eigenvalue weighted by Crippen LogP contribution is 2.65. The lowest BCUT2D eigenvalue weighted by atomic mass is 9.45. The molecule has 0 unspecified atom stereocenters. The minimum Gasteiger partial charge on any atom is -0.393 e. The zero-order valence-corrected chi connectivity index (χ0v) is 13.6. The number of hydrogen-bond donors (Lipinski definition) is 1. The quantitative estimate of drug-likeness (QED) is 0.794. The Labute approximate surface area is 130 Å². The van der Waals surface area contributed by atoms with Crippen molar-refractivity contribution in [3.8, 4) is 0 Å². The van der Waals surface area contributed by atoms with Gasteiger partial charge in [0.2, 0.25) is 1.43 Å². The largest absolute Gasteiger partial charge is 0.393 e. The van der Waals surface area contributed by atoms with Crippen molar-refractivity contribution in [2.45, 2.75) is 77.7 Å². The lowest BCUT2D eigenvalue weighted by Gasteiger charge is -2.60. The Kier molecular flexibility index (Phi) is 2.85. The summed E-state index contributed by atoms with van der Waals surface area (Å²) >= 11 is 0. The molecule has 7 atom stereocenters. The second kappa shape index (κ2) is 4.57. The van der Waals surface area contributed by atoms with E-state index in [9.17, 15) is 4.79 Å². The third-order valence-electron chi connectivity index (χ3n) is 8.39. The average Bonchev–Trinajstić information content (AvgIpc) is 2.84. The van der Waals surface area contributed by atoms with Crippen LogP contribution in [0.5, 0.6) is 0 Å². The van der Waals surface area contributed by atoms with E-state index >= 15 is 0 Å². The maximum absolute atomic E-state index is 11.9. The molecule has 118 valence electrons. The second-order valence-corrected chi connectivity index (χ2v) is 9.01. The number of rotatable bonds is 1. The molecule has 2 nitrogen and oxygen atoms in total. The maximum Gasteiger partial charge on any atom is 0.210 e. The molecule has 0 bridgehead atoms. The molecular formula is C19H30O2. The lowest BCUT2D eigenvalue weighted by Crippen LogP contribution is -2.54. The van der Waals surface area contributed by atoms with E-state index in [0.29, 0.717) is 17.1 Å². The molecule has 0 aromatic carbocycles. The fourth-order valence-corrected chi connectivity index (χ4v) is 7.00. The fourth-order valence-electron chi connectivity index (χ4n) is 7.00. The molecule has 4 aliphatic rings. The number of carbonyl (C=O) groups is 1. The molecule has 0 heterocycles. The first kappa shape index (κ1) is 13.1. The Morgan fingerprint density at radius 3 is 2.67 bits per heavy atom. The topological polar surface area (TPSA) is 37.3 Å². The van der Waals surface area contributed by atoms with E-state index in [4.69, 9.17) is 6.54 Å². The van der Waals surface area contributed by atoms with Crippen molar-refractivity contribution in [3.05, 3.63) is 0 Å². The van der Waals surface area contributed by atoms with E-state index in [2.05, 4.69) is 13.8 Å². The summed E-state index contributed by atoms with van der Waals surface area (Å²) in [6.07, 6.45) is 10.3. The molecule has 4 aliphatic carbocycles. The van der Waals surface area contributed by atoms with Crippen molar-refractivity contribution in [3.63, 3.8) is 0 Å². The minimum absolute atomic E-state index is 0.150. The number of ketones is 1. The summed E-state index contributed by atoms with van der Waals surface area (Å²) in [5, 5.41) is 5.11. The van der Waals surface area contributed by atoms with E-state index in [-0.39, 0.29) is 11.5 Å². The predicted octanol–water partition coefficient (Wildman–Crippen LogP) is 3.96. The Balaban J connectivity index is 1.62. The summed E-state index contributed by atoms with van der Waals surface area (Å²) < 4.78 is 7.45. The third kappa shape index (κ3) is 1.84. The number of fused-ring (bicyclic) bond motifs is 5. The summed E-state index contributed by atoms with van der Waals surface area (Å²) in [4.78, 5) is 11.9. The van der Waals surface area contributed by atoms with Gasteiger partial charge in [0.25, 0.3) is 0 Å². The van der Waals surface area contributed by atoms with E-state index < -0.39 is 0 Å². The van der Waals surface area contributed by atoms with Gasteiger partial charge in [-0.05, 0) is 79.4 Å². The van der Waals surface area contributed by atoms with Crippen molar-refractivity contribution in [2.24, 2.45) is 34.5 Å². The summed E-state index contributed by atoms with van der Waals surface area (Å²) in [6.45, 7) is 4.88. The first-order chi connectivity index (χ1) is 10.5. The highest BCUT2D eigenvalue weighted by atomic mass is 16.3. The van der Waals surface area contributed by atoms with Crippen LogP contribution < -0.4 is 0 Å². The van der Waals surface area contributed by atoms with Gasteiger partial charge in [-0.1, -0.05) is 13.8 Å². The second-order valence-electron chi connectivity index (χ2n) is 9.01. The highest BCUT2D eigenvalue weighted by molar-refractivity contribution is 5.79. The van der Waals surface area contributed by atoms with Gasteiger partial charge in [0, 0.05) is 12.8 Å². The van der Waals surface area contributed by atoms with Crippen LogP contribution in [-0.4, -0.2) is 18.4 Å². The van der Waals surface area contributed by atoms with Crippen molar-refractivity contribution < 1.29 is 9.90 Å². The maximum atomic E-state index is 11.9. The molecule has 0 saturated heterocycles. The van der Waals surface area contributed by atoms with Gasteiger partial charge in [-0.2, -0.15) is 0 Å². The Morgan fingerprint density at radius 2 is 1.86 bits per heavy atom. The van der Waals surface area contributed by atoms with E-state index in [0.717, 1.165) is 43.4 Å². The van der Waals surface area contributed by atoms with Crippen molar-refractivity contribution in [1.82, 2.24) is 0 Å². The molecule has 21 heavy (non-hydrogen) atoms. The van der Waals surface area contributed by atoms with Crippen molar-refractivity contribution in [2.75, 3.05) is 0 Å². The third-order valence-corrected chi connectivity index (χ3v) is 8.39. The summed E-state index contributed by atoms with van der Waals surface area (Å²) in [5.41, 5.74) is 0.634. The van der Waals surface area contributed by atoms with E-state index in [1.54, 1.807) is 0 Å². The van der Waals surface area contributed by atoms with Gasteiger partial charge in [0.1, 0.15) is 5.78 Å². The summed E-state index contributed by atoms with van der Waals surface area (Å²) in [5.74, 6) is 3.52. The van der Waals surface area contributed by atoms with Crippen molar-refractivity contribution >= 4 is 5.78 Å². The molecule has 0 amide bonds. The van der Waals surface area contributed by atoms with Crippen LogP contribution in [0.25, 0.3) is 0 Å². The van der Waals surface area contributed by atoms with Crippen LogP contribution in [0, 0.1) is 34.5 Å². The lowest BCUT2D eigenvalue weighted by molar-refractivity contribution is -0.141. The molecule has 0 radical (unpaired) electrons. The van der Waals surface area contributed by atoms with Crippen LogP contribution in [0.4, 0.5) is 0 Å². The smallest absolute Gasteiger partial charge is 0.210 e. The average molecular weight is 291 g/mol. The van der Waals surface area contributed by atoms with E-state index in [1.165, 1.54) is 32.1 Å². The van der Waals surface area contributed by atoms with Crippen LogP contribution in [0.3, 0.4) is 0 Å². The standard InChI is InChI=1S/C19H30O2/c1-18-9-7-13(20)11-12(18)3-4-14-15-5-6-17(21)19(15,2)10-8-16(14)18/h12,14-17,21H,3-11H2,1-2H3/t12-,14-,15-,16-,17-,18-,19-/m0/s1/i21D. The molecule has 4 saturated carbocycles. The molecule has 4 rings (SSSR count). The van der Waals surface area contributed by atoms with Crippen LogP contribution in [0.2, 0.25) is 0 Å². The predicted molar refractivity (Wildman–Crippen MR) is 82.7 cm³/mol. The molecule has 0 spiro atoms. The highest BCUT2D eigenvalue weighted by Gasteiger charge is 2.59. The Bertz CT molecular complexity index is 478. The molecule has 0 aromatic rings. The number of aliphatic hydroxyl groups excluding tert-OH is 1. The monoisotopic (exact) mass is 291 g/mol. The van der Waals surface area contributed by atoms with Gasteiger partial charge in [0.15, 0.2) is 0 Å². The Hall–Kier alpha value is -0.370. The number of carbonyl (C=O) groups excluding carboxylic acids is 1. The molecule has 2 heteroatoms. The summed E-state index contributed by atoms with van der Waals surface area (Å²) in [6, 6.07) is 0. The van der Waals surface area contributed by atoms with E-state index in [1.807, 2.05) is 0 Å². The zero-order chi connectivity index (χ0) is 15.5. The SMILES string of the molecule is [2H]O[C@H]1CC[C@H]2[C@@H]3CC[C@H]4CC(=O)CC[C@]4(C)[C@H]3CC[C@]12C. The van der Waals surface area contributed by atoms with Gasteiger partial charge in [0.05, 0.1) is 6.10 Å². The zero-order valence-electron chi connectivity index (χ0n) is 14.6. The number of aliphatic hydroxyl groups is 1. The van der Waals surface area contributed by atoms with Gasteiger partial charge in [-0.15, -0.1) is 0 Å². The van der Waals surface area contributed by atoms with Gasteiger partial charge in [-0.3, -0.25) is 4.79 Å². The Morgan fingerprint density at radius 1 is 1.05 bits per heavy atom. The van der Waals surface area contributed by atoms with Crippen LogP contribution in [0.15, 0.2) is 0 Å². The minimum atomic E-state index is 0.150. The first-order valence-corrected chi connectivity index (χ1v) is 9.12. The fraction of sp³-hybridized carbons (Fsp3) is 0.947. The van der Waals surface area contributed by atoms with Crippen LogP contribution >= 0.6 is 0 Å². The normalized spacial score (nSPS) is 57.1. The van der Waals surface area contributed by atoms with Crippen molar-refractivity contribution in [1.29, 1.82) is 1.43 Å². The summed E-state index contributed by atoms with van der Waals surface area (Å²) in [7, 11) is 0. The van der Waals surface area contributed by atoms with Crippen LogP contribution in [-0.2, 0) is 4.79 Å². The van der Waals surface area contributed by atoms with Crippen LogP contribution in [0.1, 0.15) is 71.6 Å². The number of hydrogen-bond acceptors (Lipinski definition) is 2. The van der Waals surface area contributed by atoms with Gasteiger partial charge < -0.3 is 5.11 Å². The molecule has 0 aromatic heterocycles. The molecule has 0 aliphatic heterocycles. The number of Topliss-reactive ketones (excluding diaryl/α,β-unsaturated/α-hetero) is 1. The molecule has 1 N–H and O–H groups in total. The van der Waals surface area contributed by atoms with Gasteiger partial charge >= 0.3 is 0 Å². The molecular weight excluding hydrogens is 260 g/mol.